The van der Waals surface area contributed by atoms with Crippen molar-refractivity contribution < 1.29 is 19.0 Å². The van der Waals surface area contributed by atoms with Crippen LogP contribution in [0, 0.1) is 0 Å². The zero-order chi connectivity index (χ0) is 19.2. The second kappa shape index (κ2) is 8.73. The molecule has 1 aromatic heterocycles. The summed E-state index contributed by atoms with van der Waals surface area (Å²) < 4.78 is 16.2. The summed E-state index contributed by atoms with van der Waals surface area (Å²) in [5, 5.41) is 0.450. The van der Waals surface area contributed by atoms with Gasteiger partial charge in [0, 0.05) is 19.0 Å². The van der Waals surface area contributed by atoms with E-state index in [1.807, 2.05) is 12.1 Å². The van der Waals surface area contributed by atoms with Gasteiger partial charge in [0.1, 0.15) is 6.10 Å². The van der Waals surface area contributed by atoms with E-state index in [-0.39, 0.29) is 18.0 Å². The first-order valence-electron chi connectivity index (χ1n) is 8.42. The Morgan fingerprint density at radius 3 is 2.67 bits per heavy atom. The molecule has 1 atom stereocenters. The number of rotatable bonds is 6. The van der Waals surface area contributed by atoms with E-state index in [1.54, 1.807) is 37.3 Å². The van der Waals surface area contributed by atoms with Crippen LogP contribution in [0.5, 0.6) is 17.5 Å². The molecule has 1 aliphatic heterocycles. The first-order valence-corrected chi connectivity index (χ1v) is 8.80. The number of nitrogens with zero attached hydrogens (tertiary/aromatic N) is 3. The Bertz CT molecular complexity index is 826. The van der Waals surface area contributed by atoms with Crippen molar-refractivity contribution in [3.8, 4) is 17.5 Å². The molecule has 0 N–H and O–H groups in total. The van der Waals surface area contributed by atoms with Crippen LogP contribution < -0.4 is 14.2 Å². The van der Waals surface area contributed by atoms with Crippen molar-refractivity contribution in [3.63, 3.8) is 0 Å². The van der Waals surface area contributed by atoms with Crippen molar-refractivity contribution in [2.45, 2.75) is 12.5 Å². The zero-order valence-electron chi connectivity index (χ0n) is 15.1. The van der Waals surface area contributed by atoms with E-state index in [1.165, 1.54) is 12.4 Å². The molecule has 27 heavy (non-hydrogen) atoms. The van der Waals surface area contributed by atoms with Crippen molar-refractivity contribution in [2.75, 3.05) is 27.3 Å². The average Bonchev–Trinajstić information content (AvgIpc) is 3.16. The Morgan fingerprint density at radius 2 is 1.96 bits per heavy atom. The highest BCUT2D eigenvalue weighted by Crippen LogP contribution is 2.28. The van der Waals surface area contributed by atoms with Gasteiger partial charge in [-0.05, 0) is 23.8 Å². The fraction of sp³-hybridized carbons (Fsp3) is 0.316. The maximum Gasteiger partial charge on any atom is 0.316 e. The van der Waals surface area contributed by atoms with Gasteiger partial charge in [0.05, 0.1) is 38.2 Å². The molecule has 0 saturated carbocycles. The number of benzene rings is 1. The van der Waals surface area contributed by atoms with Gasteiger partial charge in [-0.1, -0.05) is 17.7 Å². The lowest BCUT2D eigenvalue weighted by Crippen LogP contribution is -2.29. The number of methoxy groups -OCH3 is 2. The van der Waals surface area contributed by atoms with Gasteiger partial charge in [-0.15, -0.1) is 0 Å². The Labute approximate surface area is 162 Å². The summed E-state index contributed by atoms with van der Waals surface area (Å²) >= 11 is 5.76. The molecule has 142 valence electrons. The summed E-state index contributed by atoms with van der Waals surface area (Å²) in [4.78, 5) is 22.2. The van der Waals surface area contributed by atoms with E-state index in [0.29, 0.717) is 29.6 Å². The van der Waals surface area contributed by atoms with Crippen molar-refractivity contribution in [3.05, 3.63) is 47.3 Å². The van der Waals surface area contributed by atoms with Crippen LogP contribution in [0.1, 0.15) is 12.0 Å². The molecule has 0 bridgehead atoms. The second-order valence-electron chi connectivity index (χ2n) is 5.94. The number of aromatic nitrogens is 2. The number of likely N-dealkylation sites (tertiary alicyclic amines) is 1. The fourth-order valence-electron chi connectivity index (χ4n) is 2.76. The van der Waals surface area contributed by atoms with E-state index in [4.69, 9.17) is 25.8 Å². The molecule has 1 aromatic carbocycles. The number of carbonyl (C=O) groups is 1. The lowest BCUT2D eigenvalue weighted by molar-refractivity contribution is -0.125. The predicted molar refractivity (Wildman–Crippen MR) is 101 cm³/mol. The summed E-state index contributed by atoms with van der Waals surface area (Å²) in [5.41, 5.74) is 0.850. The molecule has 0 unspecified atom stereocenters. The van der Waals surface area contributed by atoms with Crippen LogP contribution in [0.3, 0.4) is 0 Å². The van der Waals surface area contributed by atoms with Gasteiger partial charge in [0.2, 0.25) is 5.91 Å². The Morgan fingerprint density at radius 1 is 1.22 bits per heavy atom. The van der Waals surface area contributed by atoms with Gasteiger partial charge < -0.3 is 19.1 Å². The van der Waals surface area contributed by atoms with E-state index in [2.05, 4.69) is 9.97 Å². The average molecular weight is 390 g/mol. The predicted octanol–water partition coefficient (Wildman–Crippen LogP) is 2.84. The molecule has 2 aromatic rings. The summed E-state index contributed by atoms with van der Waals surface area (Å²) in [6, 6.07) is 5.74. The smallest absolute Gasteiger partial charge is 0.316 e. The van der Waals surface area contributed by atoms with Crippen LogP contribution in [0.2, 0.25) is 5.02 Å². The van der Waals surface area contributed by atoms with E-state index in [0.717, 1.165) is 12.0 Å². The highest BCUT2D eigenvalue weighted by atomic mass is 35.5. The molecule has 0 aliphatic carbocycles. The number of hydrogen-bond donors (Lipinski definition) is 0. The summed E-state index contributed by atoms with van der Waals surface area (Å²) in [6.07, 6.45) is 6.84. The Balaban J connectivity index is 1.57. The largest absolute Gasteiger partial charge is 0.493 e. The summed E-state index contributed by atoms with van der Waals surface area (Å²) in [5.74, 6) is 1.18. The Hall–Kier alpha value is -2.80. The molecule has 1 saturated heterocycles. The van der Waals surface area contributed by atoms with Crippen molar-refractivity contribution in [1.29, 1.82) is 0 Å². The third-order valence-corrected chi connectivity index (χ3v) is 4.35. The maximum atomic E-state index is 12.4. The van der Waals surface area contributed by atoms with Gasteiger partial charge in [-0.2, -0.15) is 0 Å². The van der Waals surface area contributed by atoms with Gasteiger partial charge in [0.25, 0.3) is 0 Å². The van der Waals surface area contributed by atoms with Crippen LogP contribution in [-0.4, -0.2) is 54.2 Å². The monoisotopic (exact) mass is 389 g/mol. The van der Waals surface area contributed by atoms with E-state index < -0.39 is 0 Å². The van der Waals surface area contributed by atoms with Crippen LogP contribution in [0.4, 0.5) is 0 Å². The molecule has 8 heteroatoms. The topological polar surface area (TPSA) is 73.8 Å². The standard InChI is InChI=1S/C19H20ClN3O4/c1-25-16-5-3-13(9-17(16)26-2)4-6-18(24)23-8-7-15(12-23)27-19-21-10-14(20)11-22-19/h3-6,9-11,15H,7-8,12H2,1-2H3/b6-4+/t15-/m0/s1. The number of ether oxygens (including phenoxy) is 3. The van der Waals surface area contributed by atoms with Crippen molar-refractivity contribution in [2.24, 2.45) is 0 Å². The number of halogens is 1. The Kier molecular flexibility index (Phi) is 6.13. The second-order valence-corrected chi connectivity index (χ2v) is 6.38. The SMILES string of the molecule is COc1ccc(/C=C/C(=O)N2CC[C@H](Oc3ncc(Cl)cn3)C2)cc1OC. The lowest BCUT2D eigenvalue weighted by Gasteiger charge is -2.14. The van der Waals surface area contributed by atoms with Gasteiger partial charge >= 0.3 is 6.01 Å². The van der Waals surface area contributed by atoms with Crippen LogP contribution in [0.15, 0.2) is 36.7 Å². The highest BCUT2D eigenvalue weighted by Gasteiger charge is 2.27. The molecular weight excluding hydrogens is 370 g/mol. The molecule has 0 radical (unpaired) electrons. The lowest BCUT2D eigenvalue weighted by atomic mass is 10.2. The van der Waals surface area contributed by atoms with E-state index in [9.17, 15) is 4.79 Å². The molecule has 1 fully saturated rings. The molecule has 1 amide bonds. The maximum absolute atomic E-state index is 12.4. The van der Waals surface area contributed by atoms with E-state index >= 15 is 0 Å². The fourth-order valence-corrected chi connectivity index (χ4v) is 2.86. The molecule has 3 rings (SSSR count). The van der Waals surface area contributed by atoms with Gasteiger partial charge in [-0.25, -0.2) is 9.97 Å². The molecule has 0 spiro atoms. The first kappa shape index (κ1) is 19.0. The normalized spacial score (nSPS) is 16.6. The van der Waals surface area contributed by atoms with Crippen molar-refractivity contribution >= 4 is 23.6 Å². The quantitative estimate of drug-likeness (QED) is 0.707. The molecule has 2 heterocycles. The third-order valence-electron chi connectivity index (χ3n) is 4.15. The number of carbonyl (C=O) groups excluding carboxylic acids is 1. The van der Waals surface area contributed by atoms with Gasteiger partial charge in [0.15, 0.2) is 11.5 Å². The first-order chi connectivity index (χ1) is 13.1. The van der Waals surface area contributed by atoms with Crippen LogP contribution >= 0.6 is 11.6 Å². The van der Waals surface area contributed by atoms with Crippen molar-refractivity contribution in [1.82, 2.24) is 14.9 Å². The zero-order valence-corrected chi connectivity index (χ0v) is 15.8. The number of amides is 1. The molecule has 7 nitrogen and oxygen atoms in total. The summed E-state index contributed by atoms with van der Waals surface area (Å²) in [7, 11) is 3.16. The minimum Gasteiger partial charge on any atom is -0.493 e. The summed E-state index contributed by atoms with van der Waals surface area (Å²) in [6.45, 7) is 1.11. The highest BCUT2D eigenvalue weighted by molar-refractivity contribution is 6.30. The van der Waals surface area contributed by atoms with Crippen LogP contribution in [0.25, 0.3) is 6.08 Å². The van der Waals surface area contributed by atoms with Gasteiger partial charge in [-0.3, -0.25) is 4.79 Å². The molecular formula is C19H20ClN3O4. The molecule has 1 aliphatic rings. The number of hydrogen-bond acceptors (Lipinski definition) is 6. The minimum atomic E-state index is -0.135. The van der Waals surface area contributed by atoms with Crippen LogP contribution in [-0.2, 0) is 4.79 Å². The minimum absolute atomic E-state index is 0.0760. The third kappa shape index (κ3) is 4.89.